The van der Waals surface area contributed by atoms with Gasteiger partial charge in [-0.25, -0.2) is 0 Å². The molecule has 0 aromatic heterocycles. The first-order chi connectivity index (χ1) is 6.83. The van der Waals surface area contributed by atoms with Crippen LogP contribution in [-0.4, -0.2) is 43.5 Å². The largest absolute Gasteiger partial charge is 0.380 e. The predicted molar refractivity (Wildman–Crippen MR) is 56.4 cm³/mol. The Morgan fingerprint density at radius 1 is 1.43 bits per heavy atom. The Labute approximate surface area is 86.4 Å². The van der Waals surface area contributed by atoms with Gasteiger partial charge in [-0.15, -0.1) is 0 Å². The average molecular weight is 199 g/mol. The Balaban J connectivity index is 1.97. The van der Waals surface area contributed by atoms with Crippen LogP contribution in [0.15, 0.2) is 0 Å². The molecule has 1 aliphatic rings. The number of likely N-dealkylation sites (tertiary alicyclic amines) is 1. The summed E-state index contributed by atoms with van der Waals surface area (Å²) < 4.78 is 5.46. The van der Waals surface area contributed by atoms with E-state index in [1.165, 1.54) is 6.42 Å². The van der Waals surface area contributed by atoms with Crippen LogP contribution in [-0.2, 0) is 9.53 Å². The molecular formula is C11H21NO2. The first-order valence-electron chi connectivity index (χ1n) is 5.64. The highest BCUT2D eigenvalue weighted by Gasteiger charge is 2.15. The molecule has 0 unspecified atom stereocenters. The number of carbonyl (C=O) groups excluding carboxylic acids is 1. The molecule has 0 radical (unpaired) electrons. The highest BCUT2D eigenvalue weighted by Crippen LogP contribution is 2.04. The zero-order valence-corrected chi connectivity index (χ0v) is 9.13. The smallest absolute Gasteiger partial charge is 0.146 e. The van der Waals surface area contributed by atoms with E-state index >= 15 is 0 Å². The van der Waals surface area contributed by atoms with E-state index < -0.39 is 0 Å². The van der Waals surface area contributed by atoms with E-state index in [4.69, 9.17) is 4.74 Å². The minimum Gasteiger partial charge on any atom is -0.380 e. The lowest BCUT2D eigenvalue weighted by Crippen LogP contribution is -2.37. The zero-order chi connectivity index (χ0) is 10.2. The third kappa shape index (κ3) is 4.72. The number of hydrogen-bond acceptors (Lipinski definition) is 3. The second-order valence-electron chi connectivity index (χ2n) is 3.88. The van der Waals surface area contributed by atoms with E-state index in [1.807, 2.05) is 0 Å². The molecule has 0 amide bonds. The van der Waals surface area contributed by atoms with Crippen molar-refractivity contribution in [3.8, 4) is 0 Å². The summed E-state index contributed by atoms with van der Waals surface area (Å²) in [5.74, 6) is 0.379. The van der Waals surface area contributed by atoms with E-state index in [0.717, 1.165) is 45.6 Å². The summed E-state index contributed by atoms with van der Waals surface area (Å²) in [6.07, 6.45) is 4.11. The third-order valence-corrected chi connectivity index (χ3v) is 2.52. The van der Waals surface area contributed by atoms with Crippen molar-refractivity contribution in [2.24, 2.45) is 0 Å². The number of hydrogen-bond donors (Lipinski definition) is 0. The van der Waals surface area contributed by atoms with Crippen LogP contribution in [0.1, 0.15) is 32.6 Å². The quantitative estimate of drug-likeness (QED) is 0.607. The molecule has 1 heterocycles. The van der Waals surface area contributed by atoms with Gasteiger partial charge in [-0.2, -0.15) is 0 Å². The van der Waals surface area contributed by atoms with Gasteiger partial charge >= 0.3 is 0 Å². The third-order valence-electron chi connectivity index (χ3n) is 2.52. The predicted octanol–water partition coefficient (Wildman–Crippen LogP) is 1.47. The minimum absolute atomic E-state index is 0.379. The summed E-state index contributed by atoms with van der Waals surface area (Å²) in [6, 6.07) is 0. The molecule has 1 rings (SSSR count). The lowest BCUT2D eigenvalue weighted by atomic mass is 10.1. The molecule has 0 atom stereocenters. The van der Waals surface area contributed by atoms with Crippen LogP contribution in [0.3, 0.4) is 0 Å². The van der Waals surface area contributed by atoms with Gasteiger partial charge in [0.1, 0.15) is 5.78 Å². The van der Waals surface area contributed by atoms with Crippen molar-refractivity contribution in [2.45, 2.75) is 32.6 Å². The number of ketones is 1. The van der Waals surface area contributed by atoms with Crippen LogP contribution in [0, 0.1) is 0 Å². The van der Waals surface area contributed by atoms with Gasteiger partial charge < -0.3 is 4.74 Å². The molecule has 82 valence electrons. The summed E-state index contributed by atoms with van der Waals surface area (Å²) in [5.41, 5.74) is 0. The van der Waals surface area contributed by atoms with Crippen LogP contribution in [0.2, 0.25) is 0 Å². The topological polar surface area (TPSA) is 29.5 Å². The van der Waals surface area contributed by atoms with E-state index in [2.05, 4.69) is 11.8 Å². The van der Waals surface area contributed by atoms with Gasteiger partial charge in [0.25, 0.3) is 0 Å². The average Bonchev–Trinajstić information content (AvgIpc) is 2.18. The highest BCUT2D eigenvalue weighted by atomic mass is 16.5. The number of Topliss-reactive ketones (excluding diaryl/α,β-unsaturated/α-hetero) is 1. The molecular weight excluding hydrogens is 178 g/mol. The summed E-state index contributed by atoms with van der Waals surface area (Å²) in [7, 11) is 0. The summed E-state index contributed by atoms with van der Waals surface area (Å²) in [6.45, 7) is 6.40. The number of nitrogens with zero attached hydrogens (tertiary/aromatic N) is 1. The number of ether oxygens (including phenoxy) is 1. The van der Waals surface area contributed by atoms with Crippen LogP contribution >= 0.6 is 0 Å². The Morgan fingerprint density at radius 2 is 2.29 bits per heavy atom. The van der Waals surface area contributed by atoms with Crippen molar-refractivity contribution in [1.29, 1.82) is 0 Å². The molecule has 0 bridgehead atoms. The first kappa shape index (κ1) is 11.7. The van der Waals surface area contributed by atoms with Crippen LogP contribution in [0.25, 0.3) is 0 Å². The molecule has 0 N–H and O–H groups in total. The molecule has 0 aromatic carbocycles. The highest BCUT2D eigenvalue weighted by molar-refractivity contribution is 5.81. The van der Waals surface area contributed by atoms with Gasteiger partial charge in [0.15, 0.2) is 0 Å². The molecule has 0 aromatic rings. The van der Waals surface area contributed by atoms with Gasteiger partial charge in [-0.05, 0) is 19.4 Å². The Morgan fingerprint density at radius 3 is 3.00 bits per heavy atom. The fraction of sp³-hybridized carbons (Fsp3) is 0.909. The van der Waals surface area contributed by atoms with Crippen LogP contribution in [0.5, 0.6) is 0 Å². The Bertz CT molecular complexity index is 171. The SMILES string of the molecule is CCCCOCCN1CCCC(=O)C1. The molecule has 1 saturated heterocycles. The van der Waals surface area contributed by atoms with Crippen molar-refractivity contribution in [3.63, 3.8) is 0 Å². The normalized spacial score (nSPS) is 18.8. The van der Waals surface area contributed by atoms with Crippen LogP contribution in [0.4, 0.5) is 0 Å². The maximum absolute atomic E-state index is 11.1. The molecule has 3 nitrogen and oxygen atoms in total. The second-order valence-corrected chi connectivity index (χ2v) is 3.88. The number of carbonyl (C=O) groups is 1. The lowest BCUT2D eigenvalue weighted by Gasteiger charge is -2.25. The zero-order valence-electron chi connectivity index (χ0n) is 9.13. The second kappa shape index (κ2) is 6.96. The number of unbranched alkanes of at least 4 members (excludes halogenated alkanes) is 1. The molecule has 1 aliphatic heterocycles. The molecule has 1 fully saturated rings. The van der Waals surface area contributed by atoms with E-state index in [-0.39, 0.29) is 0 Å². The maximum Gasteiger partial charge on any atom is 0.146 e. The lowest BCUT2D eigenvalue weighted by molar-refractivity contribution is -0.122. The van der Waals surface area contributed by atoms with Gasteiger partial charge in [-0.3, -0.25) is 9.69 Å². The first-order valence-corrected chi connectivity index (χ1v) is 5.64. The summed E-state index contributed by atoms with van der Waals surface area (Å²) in [4.78, 5) is 13.3. The van der Waals surface area contributed by atoms with Gasteiger partial charge in [-0.1, -0.05) is 13.3 Å². The molecule has 14 heavy (non-hydrogen) atoms. The summed E-state index contributed by atoms with van der Waals surface area (Å²) >= 11 is 0. The molecule has 0 spiro atoms. The Kier molecular flexibility index (Phi) is 5.80. The molecule has 3 heteroatoms. The Hall–Kier alpha value is -0.410. The van der Waals surface area contributed by atoms with Crippen molar-refractivity contribution in [2.75, 3.05) is 32.8 Å². The number of piperidine rings is 1. The minimum atomic E-state index is 0.379. The van der Waals surface area contributed by atoms with Crippen molar-refractivity contribution in [3.05, 3.63) is 0 Å². The van der Waals surface area contributed by atoms with E-state index in [1.54, 1.807) is 0 Å². The fourth-order valence-electron chi connectivity index (χ4n) is 1.64. The van der Waals surface area contributed by atoms with E-state index in [0.29, 0.717) is 12.3 Å². The number of rotatable bonds is 6. The maximum atomic E-state index is 11.1. The monoisotopic (exact) mass is 199 g/mol. The molecule has 0 aliphatic carbocycles. The van der Waals surface area contributed by atoms with E-state index in [9.17, 15) is 4.79 Å². The van der Waals surface area contributed by atoms with Crippen molar-refractivity contribution < 1.29 is 9.53 Å². The van der Waals surface area contributed by atoms with Gasteiger partial charge in [0, 0.05) is 19.6 Å². The van der Waals surface area contributed by atoms with Crippen LogP contribution < -0.4 is 0 Å². The van der Waals surface area contributed by atoms with Crippen molar-refractivity contribution >= 4 is 5.78 Å². The van der Waals surface area contributed by atoms with Gasteiger partial charge in [0.2, 0.25) is 0 Å². The fourth-order valence-corrected chi connectivity index (χ4v) is 1.64. The van der Waals surface area contributed by atoms with Crippen molar-refractivity contribution in [1.82, 2.24) is 4.90 Å². The van der Waals surface area contributed by atoms with Gasteiger partial charge in [0.05, 0.1) is 13.2 Å². The standard InChI is InChI=1S/C11H21NO2/c1-2-3-8-14-9-7-12-6-4-5-11(13)10-12/h2-10H2,1H3. The molecule has 0 saturated carbocycles. The summed E-state index contributed by atoms with van der Waals surface area (Å²) in [5, 5.41) is 0.